The van der Waals surface area contributed by atoms with Crippen LogP contribution in [-0.4, -0.2) is 18.5 Å². The smallest absolute Gasteiger partial charge is 0.118 e. The lowest BCUT2D eigenvalue weighted by Crippen LogP contribution is -2.24. The molecule has 2 nitrogen and oxygen atoms in total. The number of halogens is 1. The van der Waals surface area contributed by atoms with Crippen LogP contribution in [0.15, 0.2) is 24.3 Å². The van der Waals surface area contributed by atoms with Gasteiger partial charge in [0.05, 0.1) is 19.3 Å². The van der Waals surface area contributed by atoms with Crippen molar-refractivity contribution in [2.24, 2.45) is 5.92 Å². The molecule has 0 aromatic heterocycles. The Morgan fingerprint density at radius 2 is 2.00 bits per heavy atom. The van der Waals surface area contributed by atoms with Gasteiger partial charge < -0.3 is 9.47 Å². The van der Waals surface area contributed by atoms with Gasteiger partial charge in [-0.25, -0.2) is 0 Å². The highest BCUT2D eigenvalue weighted by molar-refractivity contribution is 9.09. The van der Waals surface area contributed by atoms with E-state index in [1.165, 1.54) is 31.2 Å². The Morgan fingerprint density at radius 1 is 1.26 bits per heavy atom. The molecule has 0 N–H and O–H groups in total. The molecule has 1 aliphatic carbocycles. The molecule has 3 atom stereocenters. The predicted molar refractivity (Wildman–Crippen MR) is 82.0 cm³/mol. The molecule has 0 amide bonds. The van der Waals surface area contributed by atoms with Crippen molar-refractivity contribution >= 4 is 15.9 Å². The molecular weight excluding hydrogens is 304 g/mol. The monoisotopic (exact) mass is 326 g/mol. The van der Waals surface area contributed by atoms with E-state index in [0.29, 0.717) is 6.10 Å². The summed E-state index contributed by atoms with van der Waals surface area (Å²) in [7, 11) is 1.69. The van der Waals surface area contributed by atoms with Crippen molar-refractivity contribution in [1.29, 1.82) is 0 Å². The zero-order chi connectivity index (χ0) is 13.7. The van der Waals surface area contributed by atoms with Gasteiger partial charge >= 0.3 is 0 Å². The van der Waals surface area contributed by atoms with Crippen LogP contribution >= 0.6 is 15.9 Å². The number of alkyl halides is 1. The SMILES string of the molecule is COc1ccc(C(CBr)OC2CCCC(C)C2)cc1. The summed E-state index contributed by atoms with van der Waals surface area (Å²) in [5, 5.41) is 0.838. The summed E-state index contributed by atoms with van der Waals surface area (Å²) in [4.78, 5) is 0. The van der Waals surface area contributed by atoms with E-state index in [1.807, 2.05) is 12.1 Å². The molecule has 19 heavy (non-hydrogen) atoms. The van der Waals surface area contributed by atoms with Crippen molar-refractivity contribution < 1.29 is 9.47 Å². The Morgan fingerprint density at radius 3 is 2.58 bits per heavy atom. The Kier molecular flexibility index (Phi) is 5.71. The number of methoxy groups -OCH3 is 1. The van der Waals surface area contributed by atoms with Crippen LogP contribution in [0.4, 0.5) is 0 Å². The summed E-state index contributed by atoms with van der Waals surface area (Å²) >= 11 is 3.57. The van der Waals surface area contributed by atoms with Crippen LogP contribution in [0, 0.1) is 5.92 Å². The molecule has 3 heteroatoms. The molecule has 1 saturated carbocycles. The maximum absolute atomic E-state index is 6.28. The fraction of sp³-hybridized carbons (Fsp3) is 0.625. The Balaban J connectivity index is 1.98. The molecule has 0 spiro atoms. The van der Waals surface area contributed by atoms with Crippen LogP contribution < -0.4 is 4.74 Å². The van der Waals surface area contributed by atoms with Crippen molar-refractivity contribution in [2.75, 3.05) is 12.4 Å². The van der Waals surface area contributed by atoms with Crippen LogP contribution in [0.2, 0.25) is 0 Å². The van der Waals surface area contributed by atoms with Gasteiger partial charge in [-0.3, -0.25) is 0 Å². The first-order valence-electron chi connectivity index (χ1n) is 7.08. The number of hydrogen-bond donors (Lipinski definition) is 0. The standard InChI is InChI=1S/C16H23BrO2/c1-12-4-3-5-15(10-12)19-16(11-17)13-6-8-14(18-2)9-7-13/h6-9,12,15-16H,3-5,10-11H2,1-2H3. The number of ether oxygens (including phenoxy) is 2. The predicted octanol–water partition coefficient (Wildman–Crippen LogP) is 4.73. The molecule has 2 rings (SSSR count). The molecule has 1 fully saturated rings. The highest BCUT2D eigenvalue weighted by Crippen LogP contribution is 2.31. The van der Waals surface area contributed by atoms with E-state index < -0.39 is 0 Å². The third-order valence-electron chi connectivity index (χ3n) is 3.87. The number of benzene rings is 1. The fourth-order valence-electron chi connectivity index (χ4n) is 2.76. The van der Waals surface area contributed by atoms with Crippen LogP contribution in [0.25, 0.3) is 0 Å². The van der Waals surface area contributed by atoms with E-state index >= 15 is 0 Å². The lowest BCUT2D eigenvalue weighted by Gasteiger charge is -2.30. The van der Waals surface area contributed by atoms with Crippen LogP contribution in [0.3, 0.4) is 0 Å². The van der Waals surface area contributed by atoms with Crippen LogP contribution in [0.5, 0.6) is 5.75 Å². The van der Waals surface area contributed by atoms with Gasteiger partial charge in [0.15, 0.2) is 0 Å². The van der Waals surface area contributed by atoms with E-state index in [-0.39, 0.29) is 6.10 Å². The van der Waals surface area contributed by atoms with E-state index in [2.05, 4.69) is 35.0 Å². The molecule has 1 aliphatic rings. The van der Waals surface area contributed by atoms with E-state index in [4.69, 9.17) is 9.47 Å². The van der Waals surface area contributed by atoms with Gasteiger partial charge in [-0.1, -0.05) is 47.8 Å². The average Bonchev–Trinajstić information content (AvgIpc) is 2.45. The maximum Gasteiger partial charge on any atom is 0.118 e. The number of rotatable bonds is 5. The first-order valence-corrected chi connectivity index (χ1v) is 8.20. The van der Waals surface area contributed by atoms with Gasteiger partial charge in [-0.15, -0.1) is 0 Å². The van der Waals surface area contributed by atoms with E-state index in [9.17, 15) is 0 Å². The maximum atomic E-state index is 6.28. The van der Waals surface area contributed by atoms with Gasteiger partial charge in [-0.2, -0.15) is 0 Å². The lowest BCUT2D eigenvalue weighted by atomic mass is 9.88. The van der Waals surface area contributed by atoms with Gasteiger partial charge in [0.25, 0.3) is 0 Å². The van der Waals surface area contributed by atoms with E-state index in [1.54, 1.807) is 7.11 Å². The van der Waals surface area contributed by atoms with Crippen LogP contribution in [-0.2, 0) is 4.74 Å². The molecule has 1 aromatic rings. The Bertz CT molecular complexity index is 377. The molecule has 106 valence electrons. The highest BCUT2D eigenvalue weighted by atomic mass is 79.9. The zero-order valence-corrected chi connectivity index (χ0v) is 13.4. The summed E-state index contributed by atoms with van der Waals surface area (Å²) in [6.45, 7) is 2.33. The molecular formula is C16H23BrO2. The first kappa shape index (κ1) is 14.9. The Hall–Kier alpha value is -0.540. The van der Waals surface area contributed by atoms with Crippen molar-refractivity contribution in [3.05, 3.63) is 29.8 Å². The van der Waals surface area contributed by atoms with Gasteiger partial charge in [0, 0.05) is 5.33 Å². The normalized spacial score (nSPS) is 25.0. The van der Waals surface area contributed by atoms with Crippen molar-refractivity contribution in [2.45, 2.75) is 44.8 Å². The fourth-order valence-corrected chi connectivity index (χ4v) is 3.28. The molecule has 0 bridgehead atoms. The van der Waals surface area contributed by atoms with E-state index in [0.717, 1.165) is 17.0 Å². The van der Waals surface area contributed by atoms with Crippen LogP contribution in [0.1, 0.15) is 44.3 Å². The zero-order valence-electron chi connectivity index (χ0n) is 11.8. The van der Waals surface area contributed by atoms with Gasteiger partial charge in [-0.05, 0) is 36.5 Å². The summed E-state index contributed by atoms with van der Waals surface area (Å²) in [5.74, 6) is 1.69. The van der Waals surface area contributed by atoms with Gasteiger partial charge in [0.1, 0.15) is 5.75 Å². The summed E-state index contributed by atoms with van der Waals surface area (Å²) in [5.41, 5.74) is 1.22. The minimum Gasteiger partial charge on any atom is -0.497 e. The largest absolute Gasteiger partial charge is 0.497 e. The second kappa shape index (κ2) is 7.30. The third kappa shape index (κ3) is 4.22. The molecule has 0 radical (unpaired) electrons. The van der Waals surface area contributed by atoms with Crippen molar-refractivity contribution in [3.8, 4) is 5.75 Å². The summed E-state index contributed by atoms with van der Waals surface area (Å²) in [6, 6.07) is 8.18. The average molecular weight is 327 g/mol. The van der Waals surface area contributed by atoms with Crippen molar-refractivity contribution in [1.82, 2.24) is 0 Å². The highest BCUT2D eigenvalue weighted by Gasteiger charge is 2.23. The van der Waals surface area contributed by atoms with Gasteiger partial charge in [0.2, 0.25) is 0 Å². The third-order valence-corrected chi connectivity index (χ3v) is 4.46. The first-order chi connectivity index (χ1) is 9.22. The number of hydrogen-bond acceptors (Lipinski definition) is 2. The second-order valence-electron chi connectivity index (χ2n) is 5.45. The summed E-state index contributed by atoms with van der Waals surface area (Å²) in [6.07, 6.45) is 5.59. The quantitative estimate of drug-likeness (QED) is 0.728. The second-order valence-corrected chi connectivity index (χ2v) is 6.09. The molecule has 0 aliphatic heterocycles. The lowest BCUT2D eigenvalue weighted by molar-refractivity contribution is -0.0290. The molecule has 1 aromatic carbocycles. The molecule has 0 heterocycles. The van der Waals surface area contributed by atoms with Crippen molar-refractivity contribution in [3.63, 3.8) is 0 Å². The summed E-state index contributed by atoms with van der Waals surface area (Å²) < 4.78 is 11.5. The minimum atomic E-state index is 0.140. The minimum absolute atomic E-state index is 0.140. The molecule has 0 saturated heterocycles. The Labute approximate surface area is 124 Å². The molecule has 3 unspecified atom stereocenters. The topological polar surface area (TPSA) is 18.5 Å².